The van der Waals surface area contributed by atoms with E-state index < -0.39 is 11.7 Å². The maximum absolute atomic E-state index is 12.5. The molecule has 0 radical (unpaired) electrons. The molecule has 0 aliphatic rings. The van der Waals surface area contributed by atoms with Crippen molar-refractivity contribution in [2.75, 3.05) is 20.8 Å². The number of halogens is 3. The van der Waals surface area contributed by atoms with E-state index in [2.05, 4.69) is 5.32 Å². The molecule has 1 rings (SSSR count). The third-order valence-electron chi connectivity index (χ3n) is 2.65. The van der Waals surface area contributed by atoms with Gasteiger partial charge in [0, 0.05) is 7.11 Å². The van der Waals surface area contributed by atoms with Gasteiger partial charge in [-0.1, -0.05) is 6.07 Å². The van der Waals surface area contributed by atoms with E-state index in [1.165, 1.54) is 6.07 Å². The molecule has 0 aliphatic carbocycles. The van der Waals surface area contributed by atoms with Crippen LogP contribution in [0.1, 0.15) is 22.7 Å². The number of likely N-dealkylation sites (N-methyl/N-ethyl adjacent to an activating group) is 1. The van der Waals surface area contributed by atoms with Crippen LogP contribution >= 0.6 is 0 Å². The van der Waals surface area contributed by atoms with Crippen molar-refractivity contribution in [2.45, 2.75) is 19.1 Å². The standard InChI is InChI=1S/C12H16F3NO/c1-8-6-9(12(13,14)15)4-5-10(8)11(16-2)7-17-3/h4-6,11,16H,7H2,1-3H3. The van der Waals surface area contributed by atoms with Gasteiger partial charge >= 0.3 is 6.18 Å². The summed E-state index contributed by atoms with van der Waals surface area (Å²) in [5.74, 6) is 0. The van der Waals surface area contributed by atoms with Crippen molar-refractivity contribution < 1.29 is 17.9 Å². The largest absolute Gasteiger partial charge is 0.416 e. The summed E-state index contributed by atoms with van der Waals surface area (Å²) in [5, 5.41) is 3.01. The Morgan fingerprint density at radius 1 is 1.35 bits per heavy atom. The van der Waals surface area contributed by atoms with E-state index in [-0.39, 0.29) is 6.04 Å². The van der Waals surface area contributed by atoms with E-state index in [1.807, 2.05) is 0 Å². The molecular formula is C12H16F3NO. The van der Waals surface area contributed by atoms with Gasteiger partial charge in [0.05, 0.1) is 18.2 Å². The Kier molecular flexibility index (Phi) is 4.54. The summed E-state index contributed by atoms with van der Waals surface area (Å²) in [5.41, 5.74) is 0.810. The molecule has 0 aliphatic heterocycles. The first-order chi connectivity index (χ1) is 7.90. The van der Waals surface area contributed by atoms with Gasteiger partial charge in [-0.05, 0) is 37.2 Å². The van der Waals surface area contributed by atoms with Crippen LogP contribution in [0.3, 0.4) is 0 Å². The summed E-state index contributed by atoms with van der Waals surface area (Å²) < 4.78 is 42.5. The van der Waals surface area contributed by atoms with Gasteiger partial charge in [0.15, 0.2) is 0 Å². The van der Waals surface area contributed by atoms with Crippen molar-refractivity contribution in [3.05, 3.63) is 34.9 Å². The third-order valence-corrected chi connectivity index (χ3v) is 2.65. The van der Waals surface area contributed by atoms with E-state index in [1.54, 1.807) is 21.1 Å². The lowest BCUT2D eigenvalue weighted by atomic mass is 9.99. The van der Waals surface area contributed by atoms with Gasteiger partial charge in [-0.2, -0.15) is 13.2 Å². The van der Waals surface area contributed by atoms with E-state index in [4.69, 9.17) is 4.74 Å². The lowest BCUT2D eigenvalue weighted by Gasteiger charge is -2.19. The molecule has 0 bridgehead atoms. The van der Waals surface area contributed by atoms with Crippen LogP contribution < -0.4 is 5.32 Å². The van der Waals surface area contributed by atoms with E-state index in [9.17, 15) is 13.2 Å². The van der Waals surface area contributed by atoms with Crippen LogP contribution in [0.5, 0.6) is 0 Å². The number of ether oxygens (including phenoxy) is 1. The molecule has 0 aromatic heterocycles. The number of nitrogens with one attached hydrogen (secondary N) is 1. The van der Waals surface area contributed by atoms with Crippen molar-refractivity contribution in [1.82, 2.24) is 5.32 Å². The van der Waals surface area contributed by atoms with Crippen LogP contribution in [0.4, 0.5) is 13.2 Å². The Labute approximate surface area is 98.8 Å². The predicted molar refractivity (Wildman–Crippen MR) is 59.9 cm³/mol. The van der Waals surface area contributed by atoms with Gasteiger partial charge in [-0.3, -0.25) is 0 Å². The van der Waals surface area contributed by atoms with Crippen LogP contribution in [0, 0.1) is 6.92 Å². The van der Waals surface area contributed by atoms with Gasteiger partial charge in [0.2, 0.25) is 0 Å². The Bertz CT molecular complexity index is 377. The number of aryl methyl sites for hydroxylation is 1. The third kappa shape index (κ3) is 3.44. The molecule has 2 nitrogen and oxygen atoms in total. The summed E-state index contributed by atoms with van der Waals surface area (Å²) in [6, 6.07) is 3.66. The maximum atomic E-state index is 12.5. The first-order valence-electron chi connectivity index (χ1n) is 5.24. The summed E-state index contributed by atoms with van der Waals surface area (Å²) in [4.78, 5) is 0. The van der Waals surface area contributed by atoms with Gasteiger partial charge in [-0.15, -0.1) is 0 Å². The summed E-state index contributed by atoms with van der Waals surface area (Å²) >= 11 is 0. The topological polar surface area (TPSA) is 21.3 Å². The van der Waals surface area contributed by atoms with E-state index in [0.29, 0.717) is 12.2 Å². The highest BCUT2D eigenvalue weighted by molar-refractivity contribution is 5.34. The maximum Gasteiger partial charge on any atom is 0.416 e. The smallest absolute Gasteiger partial charge is 0.383 e. The number of benzene rings is 1. The molecule has 0 saturated carbocycles. The van der Waals surface area contributed by atoms with Crippen molar-refractivity contribution in [3.63, 3.8) is 0 Å². The zero-order chi connectivity index (χ0) is 13.1. The van der Waals surface area contributed by atoms with Crippen LogP contribution in [-0.4, -0.2) is 20.8 Å². The van der Waals surface area contributed by atoms with Crippen molar-refractivity contribution in [1.29, 1.82) is 0 Å². The van der Waals surface area contributed by atoms with Gasteiger partial charge in [0.25, 0.3) is 0 Å². The van der Waals surface area contributed by atoms with E-state index >= 15 is 0 Å². The zero-order valence-corrected chi connectivity index (χ0v) is 10.1. The zero-order valence-electron chi connectivity index (χ0n) is 10.1. The minimum absolute atomic E-state index is 0.0951. The highest BCUT2D eigenvalue weighted by atomic mass is 19.4. The SMILES string of the molecule is CNC(COC)c1ccc(C(F)(F)F)cc1C. The average molecular weight is 247 g/mol. The number of rotatable bonds is 4. The molecule has 1 aromatic carbocycles. The molecule has 1 aromatic rings. The molecule has 1 atom stereocenters. The molecule has 1 N–H and O–H groups in total. The summed E-state index contributed by atoms with van der Waals surface area (Å²) in [6.45, 7) is 2.09. The Hall–Kier alpha value is -1.07. The average Bonchev–Trinajstić information content (AvgIpc) is 2.25. The lowest BCUT2D eigenvalue weighted by molar-refractivity contribution is -0.137. The first kappa shape index (κ1) is 14.0. The molecular weight excluding hydrogens is 231 g/mol. The number of alkyl halides is 3. The Morgan fingerprint density at radius 3 is 2.41 bits per heavy atom. The summed E-state index contributed by atoms with van der Waals surface area (Å²) in [7, 11) is 3.31. The second-order valence-electron chi connectivity index (χ2n) is 3.87. The van der Waals surface area contributed by atoms with Crippen molar-refractivity contribution in [3.8, 4) is 0 Å². The van der Waals surface area contributed by atoms with Crippen LogP contribution in [0.25, 0.3) is 0 Å². The molecule has 0 amide bonds. The first-order valence-corrected chi connectivity index (χ1v) is 5.24. The molecule has 17 heavy (non-hydrogen) atoms. The van der Waals surface area contributed by atoms with Crippen molar-refractivity contribution >= 4 is 0 Å². The molecule has 1 unspecified atom stereocenters. The molecule has 5 heteroatoms. The second-order valence-corrected chi connectivity index (χ2v) is 3.87. The molecule has 0 fully saturated rings. The van der Waals surface area contributed by atoms with Gasteiger partial charge in [0.1, 0.15) is 0 Å². The normalized spacial score (nSPS) is 13.8. The van der Waals surface area contributed by atoms with Gasteiger partial charge < -0.3 is 10.1 Å². The Morgan fingerprint density at radius 2 is 2.00 bits per heavy atom. The predicted octanol–water partition coefficient (Wildman–Crippen LogP) is 2.92. The fourth-order valence-electron chi connectivity index (χ4n) is 1.74. The highest BCUT2D eigenvalue weighted by Crippen LogP contribution is 2.31. The van der Waals surface area contributed by atoms with Crippen LogP contribution in [0.2, 0.25) is 0 Å². The second kappa shape index (κ2) is 5.51. The van der Waals surface area contributed by atoms with E-state index in [0.717, 1.165) is 17.7 Å². The Balaban J connectivity index is 3.04. The number of hydrogen-bond donors (Lipinski definition) is 1. The quantitative estimate of drug-likeness (QED) is 0.883. The molecule has 0 heterocycles. The minimum atomic E-state index is -4.29. The number of methoxy groups -OCH3 is 1. The number of hydrogen-bond acceptors (Lipinski definition) is 2. The lowest BCUT2D eigenvalue weighted by Crippen LogP contribution is -2.22. The summed E-state index contributed by atoms with van der Waals surface area (Å²) in [6.07, 6.45) is -4.29. The monoisotopic (exact) mass is 247 g/mol. The van der Waals surface area contributed by atoms with Gasteiger partial charge in [-0.25, -0.2) is 0 Å². The van der Waals surface area contributed by atoms with Crippen LogP contribution in [-0.2, 0) is 10.9 Å². The fourth-order valence-corrected chi connectivity index (χ4v) is 1.74. The minimum Gasteiger partial charge on any atom is -0.383 e. The van der Waals surface area contributed by atoms with Crippen molar-refractivity contribution in [2.24, 2.45) is 0 Å². The molecule has 0 spiro atoms. The molecule has 0 saturated heterocycles. The van der Waals surface area contributed by atoms with Crippen LogP contribution in [0.15, 0.2) is 18.2 Å². The highest BCUT2D eigenvalue weighted by Gasteiger charge is 2.30. The fraction of sp³-hybridized carbons (Fsp3) is 0.500. The molecule has 96 valence electrons.